The van der Waals surface area contributed by atoms with Crippen molar-refractivity contribution in [1.82, 2.24) is 9.55 Å². The Morgan fingerprint density at radius 2 is 1.79 bits per heavy atom. The normalized spacial score (nSPS) is 11.1. The van der Waals surface area contributed by atoms with Gasteiger partial charge in [-0.25, -0.2) is 9.18 Å². The second-order valence-corrected chi connectivity index (χ2v) is 7.48. The number of aromatic nitrogens is 2. The van der Waals surface area contributed by atoms with Gasteiger partial charge in [-0.3, -0.25) is 19.1 Å². The van der Waals surface area contributed by atoms with E-state index in [1.807, 2.05) is 30.3 Å². The first-order valence-corrected chi connectivity index (χ1v) is 10.3. The number of hydrogen-bond donors (Lipinski definition) is 2. The third-order valence-electron chi connectivity index (χ3n) is 5.22. The number of carbonyl (C=O) groups excluding carboxylic acids is 1. The lowest BCUT2D eigenvalue weighted by atomic mass is 10.1. The number of hydrogen-bond acceptors (Lipinski definition) is 5. The van der Waals surface area contributed by atoms with Crippen molar-refractivity contribution in [3.8, 4) is 11.3 Å². The van der Waals surface area contributed by atoms with Crippen LogP contribution in [0, 0.1) is 5.82 Å². The number of likely N-dealkylation sites (N-methyl/N-ethyl adjacent to an activating group) is 1. The van der Waals surface area contributed by atoms with Crippen LogP contribution in [0.3, 0.4) is 0 Å². The summed E-state index contributed by atoms with van der Waals surface area (Å²) in [7, 11) is 1.37. The van der Waals surface area contributed by atoms with Gasteiger partial charge in [-0.1, -0.05) is 42.5 Å². The number of nitrogens with one attached hydrogen (secondary N) is 1. The van der Waals surface area contributed by atoms with E-state index in [0.29, 0.717) is 17.1 Å². The molecule has 0 fully saturated rings. The molecule has 0 unspecified atom stereocenters. The summed E-state index contributed by atoms with van der Waals surface area (Å²) in [4.78, 5) is 40.8. The Morgan fingerprint density at radius 3 is 2.53 bits per heavy atom. The highest BCUT2D eigenvalue weighted by Crippen LogP contribution is 2.25. The summed E-state index contributed by atoms with van der Waals surface area (Å²) >= 11 is 0. The molecule has 4 rings (SSSR count). The van der Waals surface area contributed by atoms with Gasteiger partial charge in [0.25, 0.3) is 11.5 Å². The number of nitrogens with two attached hydrogens (primary N) is 1. The molecule has 3 N–H and O–H groups in total. The first-order valence-electron chi connectivity index (χ1n) is 10.3. The predicted molar refractivity (Wildman–Crippen MR) is 128 cm³/mol. The zero-order chi connectivity index (χ0) is 24.2. The van der Waals surface area contributed by atoms with Crippen molar-refractivity contribution >= 4 is 23.5 Å². The lowest BCUT2D eigenvalue weighted by Crippen LogP contribution is -2.39. The van der Waals surface area contributed by atoms with Crippen LogP contribution < -0.4 is 21.9 Å². The molecule has 2 heterocycles. The van der Waals surface area contributed by atoms with E-state index in [4.69, 9.17) is 10.2 Å². The van der Waals surface area contributed by atoms with Gasteiger partial charge in [0.15, 0.2) is 5.69 Å². The SMILES string of the molecule is CN(C(=O)C=Cc1ccc(-c2ccccc2F)o1)c1c(N)n(Cc2ccccc2)c(=O)[nH]c1=O. The second-order valence-electron chi connectivity index (χ2n) is 7.48. The van der Waals surface area contributed by atoms with Crippen molar-refractivity contribution in [2.45, 2.75) is 6.54 Å². The third kappa shape index (κ3) is 4.58. The summed E-state index contributed by atoms with van der Waals surface area (Å²) in [5, 5.41) is 0. The minimum absolute atomic E-state index is 0.123. The van der Waals surface area contributed by atoms with Crippen LogP contribution in [0.2, 0.25) is 0 Å². The van der Waals surface area contributed by atoms with Gasteiger partial charge >= 0.3 is 5.69 Å². The summed E-state index contributed by atoms with van der Waals surface area (Å²) in [5.74, 6) is -0.515. The fraction of sp³-hybridized carbons (Fsp3) is 0.0800. The van der Waals surface area contributed by atoms with Crippen LogP contribution in [0.4, 0.5) is 15.9 Å². The van der Waals surface area contributed by atoms with E-state index in [2.05, 4.69) is 4.98 Å². The molecular formula is C25H21FN4O4. The summed E-state index contributed by atoms with van der Waals surface area (Å²) in [6.45, 7) is 0.123. The molecule has 0 radical (unpaired) electrons. The molecule has 34 heavy (non-hydrogen) atoms. The average Bonchev–Trinajstić information content (AvgIpc) is 3.29. The minimum Gasteiger partial charge on any atom is -0.457 e. The number of benzene rings is 2. The topological polar surface area (TPSA) is 114 Å². The van der Waals surface area contributed by atoms with Crippen molar-refractivity contribution in [2.24, 2.45) is 0 Å². The van der Waals surface area contributed by atoms with Crippen molar-refractivity contribution < 1.29 is 13.6 Å². The van der Waals surface area contributed by atoms with E-state index in [1.165, 1.54) is 29.8 Å². The molecule has 0 aliphatic carbocycles. The van der Waals surface area contributed by atoms with Crippen LogP contribution in [0.5, 0.6) is 0 Å². The predicted octanol–water partition coefficient (Wildman–Crippen LogP) is 3.24. The molecule has 1 amide bonds. The van der Waals surface area contributed by atoms with Crippen LogP contribution in [-0.4, -0.2) is 22.5 Å². The number of nitrogen functional groups attached to an aromatic ring is 1. The Bertz CT molecular complexity index is 1480. The van der Waals surface area contributed by atoms with Crippen LogP contribution in [0.1, 0.15) is 11.3 Å². The molecule has 0 spiro atoms. The lowest BCUT2D eigenvalue weighted by Gasteiger charge is -2.19. The van der Waals surface area contributed by atoms with E-state index < -0.39 is 23.0 Å². The van der Waals surface area contributed by atoms with E-state index in [1.54, 1.807) is 30.3 Å². The number of halogens is 1. The number of nitrogens with zero attached hydrogens (tertiary/aromatic N) is 2. The maximum absolute atomic E-state index is 14.0. The van der Waals surface area contributed by atoms with Gasteiger partial charge < -0.3 is 15.1 Å². The fourth-order valence-electron chi connectivity index (χ4n) is 3.45. The molecule has 172 valence electrons. The van der Waals surface area contributed by atoms with Crippen molar-refractivity contribution in [2.75, 3.05) is 17.7 Å². The number of amides is 1. The van der Waals surface area contributed by atoms with E-state index in [0.717, 1.165) is 10.5 Å². The molecule has 2 aromatic carbocycles. The monoisotopic (exact) mass is 460 g/mol. The maximum atomic E-state index is 14.0. The number of aromatic amines is 1. The van der Waals surface area contributed by atoms with Crippen LogP contribution in [0.25, 0.3) is 17.4 Å². The second kappa shape index (κ2) is 9.45. The van der Waals surface area contributed by atoms with Gasteiger partial charge in [0.05, 0.1) is 12.1 Å². The molecule has 0 bridgehead atoms. The van der Waals surface area contributed by atoms with Crippen LogP contribution in [-0.2, 0) is 11.3 Å². The highest BCUT2D eigenvalue weighted by molar-refractivity contribution is 6.04. The van der Waals surface area contributed by atoms with Gasteiger partial charge in [-0.15, -0.1) is 0 Å². The Kier molecular flexibility index (Phi) is 6.26. The molecule has 0 aliphatic heterocycles. The first kappa shape index (κ1) is 22.5. The first-order chi connectivity index (χ1) is 16.3. The van der Waals surface area contributed by atoms with Gasteiger partial charge in [0.2, 0.25) is 0 Å². The summed E-state index contributed by atoms with van der Waals surface area (Å²) < 4.78 is 20.7. The molecule has 0 saturated heterocycles. The molecule has 0 atom stereocenters. The van der Waals surface area contributed by atoms with E-state index >= 15 is 0 Å². The summed E-state index contributed by atoms with van der Waals surface area (Å²) in [5.41, 5.74) is 5.61. The minimum atomic E-state index is -0.782. The van der Waals surface area contributed by atoms with Gasteiger partial charge in [0.1, 0.15) is 23.2 Å². The molecule has 9 heteroatoms. The number of rotatable bonds is 6. The molecule has 4 aromatic rings. The van der Waals surface area contributed by atoms with Crippen molar-refractivity contribution in [3.63, 3.8) is 0 Å². The standard InChI is InChI=1S/C25H21FN4O4/c1-29(21(31)14-12-17-11-13-20(34-17)18-9-5-6-10-19(18)26)22-23(27)30(25(33)28-24(22)32)15-16-7-3-2-4-8-16/h2-14H,15,27H2,1H3,(H,28,32,33). The zero-order valence-corrected chi connectivity index (χ0v) is 18.2. The molecule has 8 nitrogen and oxygen atoms in total. The summed E-state index contributed by atoms with van der Waals surface area (Å²) in [6, 6.07) is 18.4. The molecule has 0 aliphatic rings. The highest BCUT2D eigenvalue weighted by Gasteiger charge is 2.20. The maximum Gasteiger partial charge on any atom is 0.330 e. The Labute approximate surface area is 193 Å². The van der Waals surface area contributed by atoms with E-state index in [9.17, 15) is 18.8 Å². The Morgan fingerprint density at radius 1 is 1.09 bits per heavy atom. The Balaban J connectivity index is 1.58. The fourth-order valence-corrected chi connectivity index (χ4v) is 3.45. The lowest BCUT2D eigenvalue weighted by molar-refractivity contribution is -0.113. The molecular weight excluding hydrogens is 439 g/mol. The van der Waals surface area contributed by atoms with Crippen LogP contribution >= 0.6 is 0 Å². The van der Waals surface area contributed by atoms with Crippen molar-refractivity contribution in [3.05, 3.63) is 111 Å². The smallest absolute Gasteiger partial charge is 0.330 e. The van der Waals surface area contributed by atoms with E-state index in [-0.39, 0.29) is 18.1 Å². The quantitative estimate of drug-likeness (QED) is 0.429. The third-order valence-corrected chi connectivity index (χ3v) is 5.22. The molecule has 0 saturated carbocycles. The average molecular weight is 460 g/mol. The largest absolute Gasteiger partial charge is 0.457 e. The number of H-pyrrole nitrogens is 1. The van der Waals surface area contributed by atoms with Gasteiger partial charge in [-0.05, 0) is 35.9 Å². The van der Waals surface area contributed by atoms with Crippen LogP contribution in [0.15, 0.2) is 86.8 Å². The number of carbonyl (C=O) groups is 1. The summed E-state index contributed by atoms with van der Waals surface area (Å²) in [6.07, 6.45) is 2.59. The van der Waals surface area contributed by atoms with Crippen molar-refractivity contribution in [1.29, 1.82) is 0 Å². The molecule has 2 aromatic heterocycles. The van der Waals surface area contributed by atoms with Gasteiger partial charge in [-0.2, -0.15) is 0 Å². The zero-order valence-electron chi connectivity index (χ0n) is 18.2. The number of anilines is 2. The Hall–Kier alpha value is -4.66. The number of furan rings is 1. The van der Waals surface area contributed by atoms with Gasteiger partial charge in [0, 0.05) is 13.1 Å². The highest BCUT2D eigenvalue weighted by atomic mass is 19.1.